The van der Waals surface area contributed by atoms with E-state index in [-0.39, 0.29) is 5.56 Å². The summed E-state index contributed by atoms with van der Waals surface area (Å²) < 4.78 is 10.2. The van der Waals surface area contributed by atoms with Crippen LogP contribution in [-0.4, -0.2) is 7.11 Å². The quantitative estimate of drug-likeness (QED) is 0.682. The number of hydrogen-bond donors (Lipinski definition) is 0. The van der Waals surface area contributed by atoms with E-state index >= 15 is 0 Å². The van der Waals surface area contributed by atoms with E-state index in [0.29, 0.717) is 22.3 Å². The van der Waals surface area contributed by atoms with Crippen LogP contribution in [0.4, 0.5) is 0 Å². The Morgan fingerprint density at radius 3 is 2.81 bits per heavy atom. The molecule has 1 aromatic heterocycles. The Morgan fingerprint density at radius 2 is 2.19 bits per heavy atom. The number of ether oxygens (including phenoxy) is 1. The van der Waals surface area contributed by atoms with Gasteiger partial charge in [-0.25, -0.2) is 4.79 Å². The van der Waals surface area contributed by atoms with Crippen LogP contribution in [0.2, 0.25) is 0 Å². The van der Waals surface area contributed by atoms with Crippen LogP contribution in [-0.2, 0) is 0 Å². The molecule has 2 rings (SSSR count). The highest BCUT2D eigenvalue weighted by Crippen LogP contribution is 2.28. The zero-order chi connectivity index (χ0) is 11.7. The Bertz CT molecular complexity index is 650. The van der Waals surface area contributed by atoms with Crippen molar-refractivity contribution in [1.82, 2.24) is 0 Å². The summed E-state index contributed by atoms with van der Waals surface area (Å²) in [5.41, 5.74) is 0.435. The molecule has 0 N–H and O–H groups in total. The van der Waals surface area contributed by atoms with Crippen LogP contribution in [0.25, 0.3) is 11.0 Å². The normalized spacial score (nSPS) is 10.1. The maximum Gasteiger partial charge on any atom is 0.354 e. The molecule has 4 heteroatoms. The Morgan fingerprint density at radius 1 is 1.44 bits per heavy atom. The van der Waals surface area contributed by atoms with Crippen LogP contribution >= 0.6 is 0 Å². The molecule has 16 heavy (non-hydrogen) atoms. The fourth-order valence-electron chi connectivity index (χ4n) is 1.69. The van der Waals surface area contributed by atoms with E-state index in [2.05, 4.69) is 0 Å². The first-order valence-corrected chi connectivity index (χ1v) is 4.69. The molecule has 0 aliphatic heterocycles. The molecule has 4 nitrogen and oxygen atoms in total. The summed E-state index contributed by atoms with van der Waals surface area (Å²) >= 11 is 0. The molecule has 0 amide bonds. The minimum Gasteiger partial charge on any atom is -0.496 e. The van der Waals surface area contributed by atoms with Crippen molar-refractivity contribution in [2.24, 2.45) is 0 Å². The summed E-state index contributed by atoms with van der Waals surface area (Å²) in [5.74, 6) is 0.593. The number of methoxy groups -OCH3 is 1. The zero-order valence-corrected chi connectivity index (χ0v) is 8.90. The average molecular weight is 215 g/mol. The first-order valence-electron chi connectivity index (χ1n) is 4.69. The highest BCUT2D eigenvalue weighted by atomic mass is 16.5. The van der Waals surface area contributed by atoms with E-state index in [4.69, 9.17) is 14.4 Å². The molecule has 0 bridgehead atoms. The molecule has 0 fully saturated rings. The molecule has 0 spiro atoms. The van der Waals surface area contributed by atoms with Crippen molar-refractivity contribution < 1.29 is 9.15 Å². The summed E-state index contributed by atoms with van der Waals surface area (Å²) in [5, 5.41) is 9.54. The van der Waals surface area contributed by atoms with Crippen molar-refractivity contribution in [1.29, 1.82) is 5.26 Å². The summed E-state index contributed by atoms with van der Waals surface area (Å²) in [6, 6.07) is 7.01. The van der Waals surface area contributed by atoms with Crippen molar-refractivity contribution in [3.05, 3.63) is 39.7 Å². The van der Waals surface area contributed by atoms with Gasteiger partial charge in [-0.3, -0.25) is 0 Å². The third kappa shape index (κ3) is 1.34. The Labute approximate surface area is 91.7 Å². The van der Waals surface area contributed by atoms with Crippen molar-refractivity contribution >= 4 is 11.0 Å². The maximum absolute atomic E-state index is 11.5. The summed E-state index contributed by atoms with van der Waals surface area (Å²) in [7, 11) is 1.53. The minimum absolute atomic E-state index is 0.0250. The number of benzene rings is 1. The Balaban J connectivity index is 3.02. The van der Waals surface area contributed by atoms with Crippen LogP contribution in [0, 0.1) is 18.3 Å². The number of fused-ring (bicyclic) bond motifs is 1. The Kier molecular flexibility index (Phi) is 2.37. The molecule has 0 saturated carbocycles. The molecule has 2 aromatic rings. The summed E-state index contributed by atoms with van der Waals surface area (Å²) in [4.78, 5) is 11.5. The van der Waals surface area contributed by atoms with Crippen LogP contribution in [0.15, 0.2) is 27.4 Å². The molecule has 0 atom stereocenters. The third-order valence-electron chi connectivity index (χ3n) is 2.48. The van der Waals surface area contributed by atoms with Gasteiger partial charge in [0.15, 0.2) is 0 Å². The van der Waals surface area contributed by atoms with Gasteiger partial charge in [-0.15, -0.1) is 0 Å². The number of nitrogens with zero attached hydrogens (tertiary/aromatic N) is 1. The number of aryl methyl sites for hydroxylation is 1. The molecule has 0 aliphatic rings. The van der Waals surface area contributed by atoms with E-state index in [1.807, 2.05) is 6.07 Å². The molecular weight excluding hydrogens is 206 g/mol. The van der Waals surface area contributed by atoms with Crippen LogP contribution in [0.3, 0.4) is 0 Å². The highest BCUT2D eigenvalue weighted by Gasteiger charge is 2.13. The maximum atomic E-state index is 11.5. The lowest BCUT2D eigenvalue weighted by molar-refractivity contribution is 0.418. The topological polar surface area (TPSA) is 63.2 Å². The third-order valence-corrected chi connectivity index (χ3v) is 2.48. The first kappa shape index (κ1) is 10.2. The van der Waals surface area contributed by atoms with Gasteiger partial charge in [0.2, 0.25) is 0 Å². The lowest BCUT2D eigenvalue weighted by atomic mass is 10.1. The molecule has 0 saturated heterocycles. The van der Waals surface area contributed by atoms with E-state index < -0.39 is 5.63 Å². The monoisotopic (exact) mass is 215 g/mol. The van der Waals surface area contributed by atoms with Gasteiger partial charge in [0.1, 0.15) is 23.0 Å². The van der Waals surface area contributed by atoms with Gasteiger partial charge >= 0.3 is 5.63 Å². The van der Waals surface area contributed by atoms with Crippen molar-refractivity contribution in [3.8, 4) is 11.8 Å². The fraction of sp³-hybridized carbons (Fsp3) is 0.167. The predicted molar refractivity (Wildman–Crippen MR) is 58.5 cm³/mol. The lowest BCUT2D eigenvalue weighted by Crippen LogP contribution is -2.07. The largest absolute Gasteiger partial charge is 0.496 e. The minimum atomic E-state index is -0.610. The van der Waals surface area contributed by atoms with E-state index in [1.165, 1.54) is 7.11 Å². The molecule has 1 heterocycles. The van der Waals surface area contributed by atoms with Gasteiger partial charge in [0.25, 0.3) is 0 Å². The van der Waals surface area contributed by atoms with Gasteiger partial charge in [-0.2, -0.15) is 5.26 Å². The SMILES string of the molecule is COc1cccc2oc(=O)c(C#N)c(C)c12. The summed E-state index contributed by atoms with van der Waals surface area (Å²) in [6.45, 7) is 1.71. The summed E-state index contributed by atoms with van der Waals surface area (Å²) in [6.07, 6.45) is 0. The fourth-order valence-corrected chi connectivity index (χ4v) is 1.69. The second kappa shape index (κ2) is 3.70. The number of nitriles is 1. The van der Waals surface area contributed by atoms with Gasteiger partial charge in [0, 0.05) is 0 Å². The van der Waals surface area contributed by atoms with E-state index in [1.54, 1.807) is 25.1 Å². The van der Waals surface area contributed by atoms with E-state index in [9.17, 15) is 4.79 Å². The second-order valence-corrected chi connectivity index (χ2v) is 3.33. The highest BCUT2D eigenvalue weighted by molar-refractivity contribution is 5.88. The van der Waals surface area contributed by atoms with Crippen molar-refractivity contribution in [2.45, 2.75) is 6.92 Å². The molecule has 0 radical (unpaired) electrons. The van der Waals surface area contributed by atoms with E-state index in [0.717, 1.165) is 0 Å². The first-order chi connectivity index (χ1) is 7.69. The molecule has 0 aliphatic carbocycles. The number of rotatable bonds is 1. The molecule has 0 unspecified atom stereocenters. The molecular formula is C12H9NO3. The smallest absolute Gasteiger partial charge is 0.354 e. The van der Waals surface area contributed by atoms with Crippen molar-refractivity contribution in [3.63, 3.8) is 0 Å². The molecule has 1 aromatic carbocycles. The lowest BCUT2D eigenvalue weighted by Gasteiger charge is -2.07. The van der Waals surface area contributed by atoms with Gasteiger partial charge in [-0.05, 0) is 24.6 Å². The van der Waals surface area contributed by atoms with Crippen LogP contribution < -0.4 is 10.4 Å². The van der Waals surface area contributed by atoms with Gasteiger partial charge in [-0.1, -0.05) is 6.07 Å². The van der Waals surface area contributed by atoms with Crippen molar-refractivity contribution in [2.75, 3.05) is 7.11 Å². The standard InChI is InChI=1S/C12H9NO3/c1-7-8(6-13)12(14)16-10-5-3-4-9(15-2)11(7)10/h3-5H,1-2H3. The average Bonchev–Trinajstić information content (AvgIpc) is 2.28. The van der Waals surface area contributed by atoms with Gasteiger partial charge < -0.3 is 9.15 Å². The second-order valence-electron chi connectivity index (χ2n) is 3.33. The molecule has 80 valence electrons. The number of hydrogen-bond acceptors (Lipinski definition) is 4. The van der Waals surface area contributed by atoms with Crippen LogP contribution in [0.1, 0.15) is 11.1 Å². The van der Waals surface area contributed by atoms with Gasteiger partial charge in [0.05, 0.1) is 12.5 Å². The predicted octanol–water partition coefficient (Wildman–Crippen LogP) is 1.98. The Hall–Kier alpha value is -2.28. The van der Waals surface area contributed by atoms with Crippen LogP contribution in [0.5, 0.6) is 5.75 Å². The zero-order valence-electron chi connectivity index (χ0n) is 8.90.